The predicted octanol–water partition coefficient (Wildman–Crippen LogP) is 4.77. The maximum absolute atomic E-state index is 12.3. The molecule has 6 heteroatoms. The number of piperidine rings is 1. The summed E-state index contributed by atoms with van der Waals surface area (Å²) in [4.78, 5) is 14.7. The van der Waals surface area contributed by atoms with E-state index in [2.05, 4.69) is 21.6 Å². The van der Waals surface area contributed by atoms with Crippen molar-refractivity contribution in [1.82, 2.24) is 10.2 Å². The SMILES string of the molecule is CCOc1ccccc1NC(=O)NCC1CCN(Cc2ccccc2Cl)CC1. The van der Waals surface area contributed by atoms with Gasteiger partial charge in [0.2, 0.25) is 0 Å². The van der Waals surface area contributed by atoms with Crippen LogP contribution in [-0.2, 0) is 6.54 Å². The molecular formula is C22H28ClN3O2. The summed E-state index contributed by atoms with van der Waals surface area (Å²) in [5.41, 5.74) is 1.87. The zero-order valence-electron chi connectivity index (χ0n) is 16.3. The molecule has 1 aliphatic rings. The molecule has 0 radical (unpaired) electrons. The number of benzene rings is 2. The summed E-state index contributed by atoms with van der Waals surface area (Å²) in [7, 11) is 0. The molecule has 2 amide bonds. The van der Waals surface area contributed by atoms with Crippen LogP contribution in [0.1, 0.15) is 25.3 Å². The minimum absolute atomic E-state index is 0.189. The minimum Gasteiger partial charge on any atom is -0.492 e. The van der Waals surface area contributed by atoms with Crippen molar-refractivity contribution in [2.75, 3.05) is 31.6 Å². The highest BCUT2D eigenvalue weighted by Gasteiger charge is 2.20. The van der Waals surface area contributed by atoms with Crippen LogP contribution in [0.3, 0.4) is 0 Å². The van der Waals surface area contributed by atoms with Gasteiger partial charge in [0.25, 0.3) is 0 Å². The van der Waals surface area contributed by atoms with Crippen molar-refractivity contribution in [1.29, 1.82) is 0 Å². The summed E-state index contributed by atoms with van der Waals surface area (Å²) < 4.78 is 5.54. The van der Waals surface area contributed by atoms with Gasteiger partial charge in [-0.2, -0.15) is 0 Å². The Kier molecular flexibility index (Phi) is 7.57. The van der Waals surface area contributed by atoms with Gasteiger partial charge in [0, 0.05) is 18.1 Å². The van der Waals surface area contributed by atoms with Gasteiger partial charge in [-0.3, -0.25) is 4.90 Å². The third-order valence-corrected chi connectivity index (χ3v) is 5.41. The average molecular weight is 402 g/mol. The topological polar surface area (TPSA) is 53.6 Å². The number of hydrogen-bond acceptors (Lipinski definition) is 3. The molecule has 0 saturated carbocycles. The molecule has 150 valence electrons. The van der Waals surface area contributed by atoms with E-state index in [1.54, 1.807) is 0 Å². The fraction of sp³-hybridized carbons (Fsp3) is 0.409. The first-order chi connectivity index (χ1) is 13.7. The van der Waals surface area contributed by atoms with Crippen LogP contribution in [0.2, 0.25) is 5.02 Å². The largest absolute Gasteiger partial charge is 0.492 e. The van der Waals surface area contributed by atoms with Crippen molar-refractivity contribution in [3.8, 4) is 5.75 Å². The number of nitrogens with one attached hydrogen (secondary N) is 2. The quantitative estimate of drug-likeness (QED) is 0.702. The van der Waals surface area contributed by atoms with Crippen LogP contribution in [0.5, 0.6) is 5.75 Å². The summed E-state index contributed by atoms with van der Waals surface area (Å²) in [6.45, 7) is 6.10. The minimum atomic E-state index is -0.189. The van der Waals surface area contributed by atoms with E-state index in [4.69, 9.17) is 16.3 Å². The fourth-order valence-electron chi connectivity index (χ4n) is 3.47. The van der Waals surface area contributed by atoms with Crippen molar-refractivity contribution < 1.29 is 9.53 Å². The number of carbonyl (C=O) groups is 1. The molecule has 0 spiro atoms. The Balaban J connectivity index is 1.40. The molecule has 0 unspecified atom stereocenters. The van der Waals surface area contributed by atoms with Crippen molar-refractivity contribution in [2.45, 2.75) is 26.3 Å². The van der Waals surface area contributed by atoms with E-state index in [0.717, 1.165) is 37.5 Å². The molecule has 0 aromatic heterocycles. The summed E-state index contributed by atoms with van der Waals surface area (Å²) >= 11 is 6.26. The lowest BCUT2D eigenvalue weighted by atomic mass is 9.96. The molecular weight excluding hydrogens is 374 g/mol. The molecule has 0 atom stereocenters. The second-order valence-corrected chi connectivity index (χ2v) is 7.48. The highest BCUT2D eigenvalue weighted by molar-refractivity contribution is 6.31. The van der Waals surface area contributed by atoms with Gasteiger partial charge in [-0.25, -0.2) is 4.79 Å². The Morgan fingerprint density at radius 3 is 2.61 bits per heavy atom. The lowest BCUT2D eigenvalue weighted by Gasteiger charge is -2.32. The van der Waals surface area contributed by atoms with Crippen LogP contribution in [0.15, 0.2) is 48.5 Å². The van der Waals surface area contributed by atoms with E-state index in [0.29, 0.717) is 30.5 Å². The normalized spacial score (nSPS) is 15.2. The number of anilines is 1. The Morgan fingerprint density at radius 2 is 1.86 bits per heavy atom. The molecule has 2 aromatic rings. The van der Waals surface area contributed by atoms with Crippen molar-refractivity contribution in [3.05, 3.63) is 59.1 Å². The third kappa shape index (κ3) is 5.88. The van der Waals surface area contributed by atoms with Crippen LogP contribution in [-0.4, -0.2) is 37.2 Å². The number of carbonyl (C=O) groups excluding carboxylic acids is 1. The molecule has 5 nitrogen and oxygen atoms in total. The maximum atomic E-state index is 12.3. The Morgan fingerprint density at radius 1 is 1.14 bits per heavy atom. The number of para-hydroxylation sites is 2. The number of halogens is 1. The number of nitrogens with zero attached hydrogens (tertiary/aromatic N) is 1. The fourth-order valence-corrected chi connectivity index (χ4v) is 3.67. The van der Waals surface area contributed by atoms with Gasteiger partial charge in [0.1, 0.15) is 5.75 Å². The van der Waals surface area contributed by atoms with Gasteiger partial charge in [-0.15, -0.1) is 0 Å². The summed E-state index contributed by atoms with van der Waals surface area (Å²) in [5.74, 6) is 1.18. The van der Waals surface area contributed by atoms with Crippen LogP contribution >= 0.6 is 11.6 Å². The molecule has 2 N–H and O–H groups in total. The summed E-state index contributed by atoms with van der Waals surface area (Å²) in [6.07, 6.45) is 2.14. The van der Waals surface area contributed by atoms with Crippen LogP contribution < -0.4 is 15.4 Å². The predicted molar refractivity (Wildman–Crippen MR) is 114 cm³/mol. The third-order valence-electron chi connectivity index (χ3n) is 5.05. The zero-order chi connectivity index (χ0) is 19.8. The second kappa shape index (κ2) is 10.3. The standard InChI is InChI=1S/C22H28ClN3O2/c1-2-28-21-10-6-5-9-20(21)25-22(27)24-15-17-11-13-26(14-12-17)16-18-7-3-4-8-19(18)23/h3-10,17H,2,11-16H2,1H3,(H2,24,25,27). The summed E-state index contributed by atoms with van der Waals surface area (Å²) in [6, 6.07) is 15.3. The molecule has 1 fully saturated rings. The number of amides is 2. The monoisotopic (exact) mass is 401 g/mol. The first kappa shape index (κ1) is 20.5. The van der Waals surface area contributed by atoms with Crippen molar-refractivity contribution >= 4 is 23.3 Å². The Labute approximate surface area is 172 Å². The Hall–Kier alpha value is -2.24. The molecule has 1 heterocycles. The molecule has 1 saturated heterocycles. The molecule has 3 rings (SSSR count). The highest BCUT2D eigenvalue weighted by Crippen LogP contribution is 2.24. The average Bonchev–Trinajstić information content (AvgIpc) is 2.71. The highest BCUT2D eigenvalue weighted by atomic mass is 35.5. The number of urea groups is 1. The van der Waals surface area contributed by atoms with Crippen molar-refractivity contribution in [2.24, 2.45) is 5.92 Å². The number of hydrogen-bond donors (Lipinski definition) is 2. The molecule has 1 aliphatic heterocycles. The van der Waals surface area contributed by atoms with Gasteiger partial charge < -0.3 is 15.4 Å². The Bertz CT molecular complexity index is 776. The van der Waals surface area contributed by atoms with E-state index in [1.807, 2.05) is 49.4 Å². The van der Waals surface area contributed by atoms with E-state index in [9.17, 15) is 4.79 Å². The van der Waals surface area contributed by atoms with E-state index >= 15 is 0 Å². The smallest absolute Gasteiger partial charge is 0.319 e. The van der Waals surface area contributed by atoms with E-state index < -0.39 is 0 Å². The van der Waals surface area contributed by atoms with Gasteiger partial charge in [-0.05, 0) is 62.5 Å². The van der Waals surface area contributed by atoms with Crippen LogP contribution in [0.25, 0.3) is 0 Å². The molecule has 0 bridgehead atoms. The van der Waals surface area contributed by atoms with Gasteiger partial charge >= 0.3 is 6.03 Å². The van der Waals surface area contributed by atoms with Gasteiger partial charge in [0.05, 0.1) is 12.3 Å². The number of likely N-dealkylation sites (tertiary alicyclic amines) is 1. The second-order valence-electron chi connectivity index (χ2n) is 7.08. The molecule has 0 aliphatic carbocycles. The number of rotatable bonds is 7. The lowest BCUT2D eigenvalue weighted by Crippen LogP contribution is -2.39. The molecule has 2 aromatic carbocycles. The first-order valence-electron chi connectivity index (χ1n) is 9.88. The molecule has 28 heavy (non-hydrogen) atoms. The summed E-state index contributed by atoms with van der Waals surface area (Å²) in [5, 5.41) is 6.71. The van der Waals surface area contributed by atoms with Gasteiger partial charge in [-0.1, -0.05) is 41.9 Å². The van der Waals surface area contributed by atoms with Gasteiger partial charge in [0.15, 0.2) is 0 Å². The number of ether oxygens (including phenoxy) is 1. The zero-order valence-corrected chi connectivity index (χ0v) is 17.0. The van der Waals surface area contributed by atoms with Crippen LogP contribution in [0.4, 0.5) is 10.5 Å². The lowest BCUT2D eigenvalue weighted by molar-refractivity contribution is 0.176. The maximum Gasteiger partial charge on any atom is 0.319 e. The van der Waals surface area contributed by atoms with Crippen molar-refractivity contribution in [3.63, 3.8) is 0 Å². The van der Waals surface area contributed by atoms with E-state index in [1.165, 1.54) is 5.56 Å². The first-order valence-corrected chi connectivity index (χ1v) is 10.3. The van der Waals surface area contributed by atoms with E-state index in [-0.39, 0.29) is 6.03 Å². The van der Waals surface area contributed by atoms with Crippen LogP contribution in [0, 0.1) is 5.92 Å².